The highest BCUT2D eigenvalue weighted by atomic mass is 32.1. The predicted molar refractivity (Wildman–Crippen MR) is 114 cm³/mol. The lowest BCUT2D eigenvalue weighted by molar-refractivity contribution is -0.759. The SMILES string of the molecule is Nc1c(/C([O-])=N/c2c[n+](N3CCCCC3)no2)sc2nc(-c3ccc(F)cc3)ccc12. The van der Waals surface area contributed by atoms with Gasteiger partial charge in [-0.3, -0.25) is 4.52 Å². The van der Waals surface area contributed by atoms with Crippen molar-refractivity contribution in [1.82, 2.24) is 10.3 Å². The molecule has 5 rings (SSSR count). The zero-order valence-corrected chi connectivity index (χ0v) is 17.3. The number of halogens is 1. The molecule has 1 aliphatic heterocycles. The van der Waals surface area contributed by atoms with Gasteiger partial charge in [0.1, 0.15) is 10.6 Å². The molecule has 3 aromatic heterocycles. The van der Waals surface area contributed by atoms with Crippen molar-refractivity contribution in [3.63, 3.8) is 0 Å². The summed E-state index contributed by atoms with van der Waals surface area (Å²) in [5.74, 6) is -0.702. The van der Waals surface area contributed by atoms with E-state index < -0.39 is 5.90 Å². The maximum absolute atomic E-state index is 13.2. The van der Waals surface area contributed by atoms with Crippen molar-refractivity contribution in [2.24, 2.45) is 4.99 Å². The summed E-state index contributed by atoms with van der Waals surface area (Å²) in [4.78, 5) is 11.1. The molecule has 10 heteroatoms. The van der Waals surface area contributed by atoms with Crippen LogP contribution < -0.4 is 20.6 Å². The number of nitrogens with two attached hydrogens (primary N) is 1. The topological polar surface area (TPSA) is 107 Å². The first kappa shape index (κ1) is 19.4. The van der Waals surface area contributed by atoms with Crippen LogP contribution in [-0.2, 0) is 0 Å². The normalized spacial score (nSPS) is 15.0. The minimum atomic E-state index is -0.509. The Balaban J connectivity index is 1.44. The predicted octanol–water partition coefficient (Wildman–Crippen LogP) is 2.52. The molecule has 2 N–H and O–H groups in total. The lowest BCUT2D eigenvalue weighted by atomic mass is 10.1. The number of aromatic nitrogens is 3. The van der Waals surface area contributed by atoms with Gasteiger partial charge in [-0.1, -0.05) is 0 Å². The second kappa shape index (κ2) is 7.95. The summed E-state index contributed by atoms with van der Waals surface area (Å²) < 4.78 is 18.4. The first-order chi connectivity index (χ1) is 15.1. The number of hydrogen-bond acceptors (Lipinski definition) is 8. The minimum Gasteiger partial charge on any atom is -0.857 e. The molecule has 0 radical (unpaired) electrons. The largest absolute Gasteiger partial charge is 0.857 e. The quantitative estimate of drug-likeness (QED) is 0.298. The van der Waals surface area contributed by atoms with Crippen LogP contribution in [0.3, 0.4) is 0 Å². The summed E-state index contributed by atoms with van der Waals surface area (Å²) in [5, 5.41) is 19.4. The highest BCUT2D eigenvalue weighted by molar-refractivity contribution is 7.21. The van der Waals surface area contributed by atoms with E-state index in [0.29, 0.717) is 26.5 Å². The van der Waals surface area contributed by atoms with Gasteiger partial charge in [0.05, 0.1) is 34.1 Å². The van der Waals surface area contributed by atoms with Crippen LogP contribution in [0.4, 0.5) is 16.0 Å². The molecule has 31 heavy (non-hydrogen) atoms. The summed E-state index contributed by atoms with van der Waals surface area (Å²) in [7, 11) is 0. The van der Waals surface area contributed by atoms with Gasteiger partial charge in [-0.05, 0) is 55.7 Å². The highest BCUT2D eigenvalue weighted by Gasteiger charge is 2.22. The molecule has 0 atom stereocenters. The molecule has 1 fully saturated rings. The van der Waals surface area contributed by atoms with Gasteiger partial charge in [-0.25, -0.2) is 14.4 Å². The number of hydrogen-bond donors (Lipinski definition) is 1. The van der Waals surface area contributed by atoms with Crippen molar-refractivity contribution in [2.45, 2.75) is 19.3 Å². The van der Waals surface area contributed by atoms with E-state index in [1.54, 1.807) is 29.2 Å². The Morgan fingerprint density at radius 1 is 1.16 bits per heavy atom. The molecule has 0 unspecified atom stereocenters. The number of nitrogens with zero attached hydrogens (tertiary/aromatic N) is 5. The van der Waals surface area contributed by atoms with Crippen molar-refractivity contribution >= 4 is 39.0 Å². The van der Waals surface area contributed by atoms with Gasteiger partial charge in [-0.15, -0.1) is 11.3 Å². The molecule has 0 amide bonds. The van der Waals surface area contributed by atoms with Crippen LogP contribution >= 0.6 is 11.3 Å². The van der Waals surface area contributed by atoms with Gasteiger partial charge in [0.15, 0.2) is 0 Å². The van der Waals surface area contributed by atoms with Crippen molar-refractivity contribution in [2.75, 3.05) is 23.8 Å². The van der Waals surface area contributed by atoms with E-state index in [9.17, 15) is 9.50 Å². The molecule has 0 aliphatic carbocycles. The Bertz CT molecular complexity index is 1260. The van der Waals surface area contributed by atoms with Gasteiger partial charge in [0.25, 0.3) is 6.20 Å². The maximum Gasteiger partial charge on any atom is 0.324 e. The van der Waals surface area contributed by atoms with Gasteiger partial charge in [-0.2, -0.15) is 5.01 Å². The first-order valence-electron chi connectivity index (χ1n) is 9.93. The third-order valence-electron chi connectivity index (χ3n) is 5.21. The Hall–Kier alpha value is -3.53. The van der Waals surface area contributed by atoms with Gasteiger partial charge in [0, 0.05) is 16.8 Å². The molecule has 1 aromatic carbocycles. The molecule has 0 saturated carbocycles. The lowest BCUT2D eigenvalue weighted by Gasteiger charge is -2.17. The van der Waals surface area contributed by atoms with Crippen molar-refractivity contribution in [1.29, 1.82) is 0 Å². The molecule has 4 aromatic rings. The van der Waals surface area contributed by atoms with E-state index in [1.165, 1.54) is 29.9 Å². The molecule has 8 nitrogen and oxygen atoms in total. The van der Waals surface area contributed by atoms with Crippen LogP contribution in [0, 0.1) is 5.82 Å². The zero-order chi connectivity index (χ0) is 21.4. The standard InChI is InChI=1S/C21H19FN6O2S/c22-14-6-4-13(5-7-14)16-9-8-15-18(23)19(31-21(15)24-16)20(29)25-17-12-28(26-30-17)27-10-2-1-3-11-27/h4-9,12H,1-3,10-11H2,(H2-,23,25,26,29). The van der Waals surface area contributed by atoms with Crippen LogP contribution in [0.2, 0.25) is 0 Å². The number of aliphatic imine (C=N–C) groups is 1. The van der Waals surface area contributed by atoms with Crippen LogP contribution in [0.5, 0.6) is 0 Å². The van der Waals surface area contributed by atoms with Gasteiger partial charge < -0.3 is 10.8 Å². The third kappa shape index (κ3) is 3.81. The summed E-state index contributed by atoms with van der Waals surface area (Å²) >= 11 is 1.17. The second-order valence-electron chi connectivity index (χ2n) is 7.29. The maximum atomic E-state index is 13.2. The lowest BCUT2D eigenvalue weighted by Crippen LogP contribution is -2.60. The fourth-order valence-electron chi connectivity index (χ4n) is 3.58. The van der Waals surface area contributed by atoms with Crippen LogP contribution in [-0.4, -0.2) is 29.2 Å². The number of nitrogen functional groups attached to an aromatic ring is 1. The van der Waals surface area contributed by atoms with Crippen molar-refractivity contribution in [3.05, 3.63) is 53.3 Å². The Morgan fingerprint density at radius 3 is 2.71 bits per heavy atom. The molecule has 4 heterocycles. The molecule has 1 aliphatic rings. The number of pyridine rings is 1. The number of thiophene rings is 1. The van der Waals surface area contributed by atoms with Crippen LogP contribution in [0.25, 0.3) is 21.5 Å². The summed E-state index contributed by atoms with van der Waals surface area (Å²) in [5.41, 5.74) is 7.98. The average Bonchev–Trinajstić information content (AvgIpc) is 3.39. The molecule has 1 saturated heterocycles. The molecular weight excluding hydrogens is 419 g/mol. The Kier molecular flexibility index (Phi) is 4.99. The van der Waals surface area contributed by atoms with E-state index in [0.717, 1.165) is 31.5 Å². The Morgan fingerprint density at radius 2 is 1.94 bits per heavy atom. The molecular formula is C21H19FN6O2S. The van der Waals surface area contributed by atoms with Gasteiger partial charge >= 0.3 is 5.88 Å². The fraction of sp³-hybridized carbons (Fsp3) is 0.238. The third-order valence-corrected chi connectivity index (χ3v) is 6.31. The zero-order valence-electron chi connectivity index (χ0n) is 16.5. The van der Waals surface area contributed by atoms with E-state index >= 15 is 0 Å². The fourth-order valence-corrected chi connectivity index (χ4v) is 4.56. The monoisotopic (exact) mass is 438 g/mol. The first-order valence-corrected chi connectivity index (χ1v) is 10.7. The smallest absolute Gasteiger partial charge is 0.324 e. The number of benzene rings is 1. The van der Waals surface area contributed by atoms with Gasteiger partial charge in [0.2, 0.25) is 5.27 Å². The summed E-state index contributed by atoms with van der Waals surface area (Å²) in [6, 6.07) is 9.67. The molecule has 0 bridgehead atoms. The summed E-state index contributed by atoms with van der Waals surface area (Å²) in [6.07, 6.45) is 4.98. The molecule has 158 valence electrons. The van der Waals surface area contributed by atoms with Crippen molar-refractivity contribution in [3.8, 4) is 11.3 Å². The van der Waals surface area contributed by atoms with Crippen LogP contribution in [0.15, 0.2) is 52.1 Å². The summed E-state index contributed by atoms with van der Waals surface area (Å²) in [6.45, 7) is 1.77. The minimum absolute atomic E-state index is 0.118. The Labute approximate surface area is 181 Å². The number of rotatable bonds is 4. The highest BCUT2D eigenvalue weighted by Crippen LogP contribution is 2.34. The van der Waals surface area contributed by atoms with E-state index in [1.807, 2.05) is 11.1 Å². The van der Waals surface area contributed by atoms with E-state index in [2.05, 4.69) is 15.2 Å². The molecule has 0 spiro atoms. The number of piperidine rings is 1. The number of anilines is 1. The van der Waals surface area contributed by atoms with E-state index in [4.69, 9.17) is 10.3 Å². The van der Waals surface area contributed by atoms with Crippen LogP contribution in [0.1, 0.15) is 24.1 Å². The van der Waals surface area contributed by atoms with Crippen molar-refractivity contribution < 1.29 is 18.8 Å². The van der Waals surface area contributed by atoms with E-state index in [-0.39, 0.29) is 11.7 Å². The average molecular weight is 438 g/mol. The number of fused-ring (bicyclic) bond motifs is 1. The second-order valence-corrected chi connectivity index (χ2v) is 8.29.